The van der Waals surface area contributed by atoms with Gasteiger partial charge in [-0.1, -0.05) is 18.2 Å². The van der Waals surface area contributed by atoms with Gasteiger partial charge in [0.05, 0.1) is 6.61 Å². The zero-order valence-corrected chi connectivity index (χ0v) is 17.8. The summed E-state index contributed by atoms with van der Waals surface area (Å²) in [6.07, 6.45) is -1.18. The van der Waals surface area contributed by atoms with Gasteiger partial charge < -0.3 is 30.1 Å². The van der Waals surface area contributed by atoms with Gasteiger partial charge in [0, 0.05) is 39.2 Å². The lowest BCUT2D eigenvalue weighted by Gasteiger charge is -2.21. The van der Waals surface area contributed by atoms with Gasteiger partial charge in [-0.3, -0.25) is 4.79 Å². The highest BCUT2D eigenvalue weighted by Gasteiger charge is 2.19. The van der Waals surface area contributed by atoms with Crippen LogP contribution in [-0.4, -0.2) is 55.3 Å². The molecule has 0 aliphatic carbocycles. The van der Waals surface area contributed by atoms with Crippen LogP contribution >= 0.6 is 0 Å². The second-order valence-electron chi connectivity index (χ2n) is 7.03. The SMILES string of the molecule is CC(=O)Nc1ccc(OCCC(CNC(=O)O)c2ccccc2OC(=O)N(C)C)cc1. The summed E-state index contributed by atoms with van der Waals surface area (Å²) in [5.74, 6) is 0.557. The number of benzene rings is 2. The van der Waals surface area contributed by atoms with Crippen LogP contribution in [0.15, 0.2) is 48.5 Å². The van der Waals surface area contributed by atoms with Gasteiger partial charge in [-0.05, 0) is 42.3 Å². The molecule has 0 saturated heterocycles. The molecule has 0 aliphatic rings. The van der Waals surface area contributed by atoms with Crippen molar-refractivity contribution in [1.82, 2.24) is 10.2 Å². The minimum atomic E-state index is -1.14. The molecule has 0 saturated carbocycles. The van der Waals surface area contributed by atoms with Crippen LogP contribution in [-0.2, 0) is 4.79 Å². The Hall–Kier alpha value is -3.75. The Morgan fingerprint density at radius 3 is 2.35 bits per heavy atom. The Labute approximate surface area is 181 Å². The minimum Gasteiger partial charge on any atom is -0.494 e. The Balaban J connectivity index is 2.08. The molecule has 0 bridgehead atoms. The summed E-state index contributed by atoms with van der Waals surface area (Å²) >= 11 is 0. The van der Waals surface area contributed by atoms with Crippen LogP contribution in [0.2, 0.25) is 0 Å². The van der Waals surface area contributed by atoms with Gasteiger partial charge in [0.1, 0.15) is 11.5 Å². The number of hydrogen-bond acceptors (Lipinski definition) is 5. The molecule has 3 N–H and O–H groups in total. The van der Waals surface area contributed by atoms with Crippen LogP contribution in [0.3, 0.4) is 0 Å². The third-order valence-electron chi connectivity index (χ3n) is 4.33. The van der Waals surface area contributed by atoms with E-state index in [9.17, 15) is 14.4 Å². The van der Waals surface area contributed by atoms with E-state index in [0.29, 0.717) is 35.8 Å². The quantitative estimate of drug-likeness (QED) is 0.561. The van der Waals surface area contributed by atoms with E-state index in [1.807, 2.05) is 0 Å². The molecule has 2 aromatic carbocycles. The van der Waals surface area contributed by atoms with E-state index in [0.717, 1.165) is 0 Å². The lowest BCUT2D eigenvalue weighted by molar-refractivity contribution is -0.114. The molecule has 1 atom stereocenters. The molecule has 1 unspecified atom stereocenters. The summed E-state index contributed by atoms with van der Waals surface area (Å²) < 4.78 is 11.2. The standard InChI is InChI=1S/C22H27N3O6/c1-15(26)24-17-8-10-18(11-9-17)30-13-12-16(14-23-21(27)28)19-6-4-5-7-20(19)31-22(29)25(2)3/h4-11,16,23H,12-14H2,1-3H3,(H,24,26)(H,27,28). The number of nitrogens with zero attached hydrogens (tertiary/aromatic N) is 1. The zero-order chi connectivity index (χ0) is 22.8. The van der Waals surface area contributed by atoms with Crippen molar-refractivity contribution >= 4 is 23.8 Å². The van der Waals surface area contributed by atoms with Crippen LogP contribution in [0.25, 0.3) is 0 Å². The molecule has 9 nitrogen and oxygen atoms in total. The van der Waals surface area contributed by atoms with Crippen LogP contribution < -0.4 is 20.1 Å². The van der Waals surface area contributed by atoms with Gasteiger partial charge in [0.25, 0.3) is 0 Å². The summed E-state index contributed by atoms with van der Waals surface area (Å²) in [4.78, 5) is 35.4. The number of carboxylic acid groups (broad SMARTS) is 1. The molecule has 0 aliphatic heterocycles. The van der Waals surface area contributed by atoms with E-state index in [1.54, 1.807) is 62.6 Å². The highest BCUT2D eigenvalue weighted by atomic mass is 16.6. The molecular weight excluding hydrogens is 402 g/mol. The van der Waals surface area contributed by atoms with E-state index < -0.39 is 12.2 Å². The predicted octanol–water partition coefficient (Wildman–Crippen LogP) is 3.53. The van der Waals surface area contributed by atoms with Crippen LogP contribution in [0.4, 0.5) is 15.3 Å². The molecule has 2 aromatic rings. The maximum Gasteiger partial charge on any atom is 0.414 e. The van der Waals surface area contributed by atoms with Crippen LogP contribution in [0.1, 0.15) is 24.8 Å². The van der Waals surface area contributed by atoms with Crippen molar-refractivity contribution in [3.8, 4) is 11.5 Å². The Morgan fingerprint density at radius 2 is 1.74 bits per heavy atom. The van der Waals surface area contributed by atoms with Gasteiger partial charge in [-0.25, -0.2) is 9.59 Å². The smallest absolute Gasteiger partial charge is 0.414 e. The fourth-order valence-electron chi connectivity index (χ4n) is 2.83. The first-order valence-corrected chi connectivity index (χ1v) is 9.71. The molecule has 9 heteroatoms. The molecule has 0 heterocycles. The second-order valence-corrected chi connectivity index (χ2v) is 7.03. The van der Waals surface area contributed by atoms with Crippen molar-refractivity contribution in [1.29, 1.82) is 0 Å². The monoisotopic (exact) mass is 429 g/mol. The largest absolute Gasteiger partial charge is 0.494 e. The fraction of sp³-hybridized carbons (Fsp3) is 0.318. The number of carbonyl (C=O) groups is 3. The lowest BCUT2D eigenvalue weighted by Crippen LogP contribution is -2.29. The number of carbonyl (C=O) groups excluding carboxylic acids is 2. The number of rotatable bonds is 9. The van der Waals surface area contributed by atoms with Crippen LogP contribution in [0.5, 0.6) is 11.5 Å². The summed E-state index contributed by atoms with van der Waals surface area (Å²) in [5.41, 5.74) is 1.37. The molecule has 3 amide bonds. The van der Waals surface area contributed by atoms with E-state index in [4.69, 9.17) is 14.6 Å². The molecule has 0 aromatic heterocycles. The molecule has 2 rings (SSSR count). The van der Waals surface area contributed by atoms with Crippen molar-refractivity contribution in [2.75, 3.05) is 32.6 Å². The van der Waals surface area contributed by atoms with Crippen molar-refractivity contribution < 1.29 is 29.0 Å². The number of amides is 3. The number of hydrogen-bond donors (Lipinski definition) is 3. The van der Waals surface area contributed by atoms with Crippen molar-refractivity contribution in [2.24, 2.45) is 0 Å². The van der Waals surface area contributed by atoms with Gasteiger partial charge in [0.15, 0.2) is 0 Å². The average Bonchev–Trinajstić information content (AvgIpc) is 2.71. The summed E-state index contributed by atoms with van der Waals surface area (Å²) in [6, 6.07) is 14.0. The van der Waals surface area contributed by atoms with Crippen molar-refractivity contribution in [3.63, 3.8) is 0 Å². The maximum absolute atomic E-state index is 12.0. The highest BCUT2D eigenvalue weighted by Crippen LogP contribution is 2.29. The van der Waals surface area contributed by atoms with Gasteiger partial charge in [0.2, 0.25) is 5.91 Å². The number of ether oxygens (including phenoxy) is 2. The molecule has 0 spiro atoms. The van der Waals surface area contributed by atoms with Gasteiger partial charge >= 0.3 is 12.2 Å². The van der Waals surface area contributed by atoms with E-state index in [2.05, 4.69) is 10.6 Å². The Bertz CT molecular complexity index is 898. The minimum absolute atomic E-state index is 0.136. The predicted molar refractivity (Wildman–Crippen MR) is 116 cm³/mol. The zero-order valence-electron chi connectivity index (χ0n) is 17.8. The average molecular weight is 429 g/mol. The summed E-state index contributed by atoms with van der Waals surface area (Å²) in [6.45, 7) is 1.88. The first kappa shape index (κ1) is 23.5. The molecule has 0 fully saturated rings. The van der Waals surface area contributed by atoms with Crippen LogP contribution in [0, 0.1) is 0 Å². The summed E-state index contributed by atoms with van der Waals surface area (Å²) in [7, 11) is 3.17. The normalized spacial score (nSPS) is 11.2. The molecule has 0 radical (unpaired) electrons. The van der Waals surface area contributed by atoms with E-state index in [-0.39, 0.29) is 18.4 Å². The first-order valence-electron chi connectivity index (χ1n) is 9.71. The lowest BCUT2D eigenvalue weighted by atomic mass is 9.95. The Morgan fingerprint density at radius 1 is 1.06 bits per heavy atom. The molecule has 31 heavy (non-hydrogen) atoms. The van der Waals surface area contributed by atoms with E-state index >= 15 is 0 Å². The molecule has 166 valence electrons. The van der Waals surface area contributed by atoms with Gasteiger partial charge in [-0.2, -0.15) is 0 Å². The van der Waals surface area contributed by atoms with E-state index in [1.165, 1.54) is 11.8 Å². The highest BCUT2D eigenvalue weighted by molar-refractivity contribution is 5.88. The Kier molecular flexibility index (Phi) is 8.68. The van der Waals surface area contributed by atoms with Crippen molar-refractivity contribution in [3.05, 3.63) is 54.1 Å². The first-order chi connectivity index (χ1) is 14.8. The third kappa shape index (κ3) is 7.88. The third-order valence-corrected chi connectivity index (χ3v) is 4.33. The number of nitrogens with one attached hydrogen (secondary N) is 2. The van der Waals surface area contributed by atoms with Gasteiger partial charge in [-0.15, -0.1) is 0 Å². The topological polar surface area (TPSA) is 117 Å². The number of anilines is 1. The van der Waals surface area contributed by atoms with Crippen molar-refractivity contribution in [2.45, 2.75) is 19.3 Å². The molecular formula is C22H27N3O6. The maximum atomic E-state index is 12.0. The fourth-order valence-corrected chi connectivity index (χ4v) is 2.83. The summed E-state index contributed by atoms with van der Waals surface area (Å²) in [5, 5.41) is 14.1. The second kappa shape index (κ2) is 11.4. The number of para-hydroxylation sites is 1.